The molecule has 1 heterocycles. The van der Waals surface area contributed by atoms with Crippen molar-refractivity contribution in [2.75, 3.05) is 20.1 Å². The molecule has 0 bridgehead atoms. The van der Waals surface area contributed by atoms with E-state index in [1.807, 2.05) is 6.07 Å². The van der Waals surface area contributed by atoms with Gasteiger partial charge in [-0.1, -0.05) is 28.1 Å². The Kier molecular flexibility index (Phi) is 3.44. The van der Waals surface area contributed by atoms with Crippen LogP contribution in [0.5, 0.6) is 0 Å². The third-order valence-corrected chi connectivity index (χ3v) is 3.66. The first-order valence-corrected chi connectivity index (χ1v) is 6.15. The van der Waals surface area contributed by atoms with Crippen LogP contribution in [-0.4, -0.2) is 25.0 Å². The molecule has 0 spiro atoms. The van der Waals surface area contributed by atoms with E-state index in [4.69, 9.17) is 5.73 Å². The molecule has 1 aliphatic heterocycles. The van der Waals surface area contributed by atoms with E-state index in [9.17, 15) is 0 Å². The first-order chi connectivity index (χ1) is 7.16. The molecular formula is C12H17BrN2. The maximum Gasteiger partial charge on any atom is 0.0336 e. The summed E-state index contributed by atoms with van der Waals surface area (Å²) in [7, 11) is 2.16. The summed E-state index contributed by atoms with van der Waals surface area (Å²) in [4.78, 5) is 2.35. The molecular weight excluding hydrogens is 252 g/mol. The highest BCUT2D eigenvalue weighted by atomic mass is 79.9. The first kappa shape index (κ1) is 11.1. The number of nitrogens with zero attached hydrogens (tertiary/aromatic N) is 1. The van der Waals surface area contributed by atoms with Crippen LogP contribution in [0.3, 0.4) is 0 Å². The Bertz CT molecular complexity index is 340. The Morgan fingerprint density at radius 1 is 1.53 bits per heavy atom. The number of hydrogen-bond donors (Lipinski definition) is 1. The molecule has 2 rings (SSSR count). The lowest BCUT2D eigenvalue weighted by Gasteiger charge is -2.19. The number of halogens is 1. The smallest absolute Gasteiger partial charge is 0.0336 e. The van der Waals surface area contributed by atoms with Crippen LogP contribution in [0.4, 0.5) is 0 Å². The summed E-state index contributed by atoms with van der Waals surface area (Å²) >= 11 is 3.48. The number of benzene rings is 1. The molecule has 3 heteroatoms. The molecule has 0 aromatic heterocycles. The van der Waals surface area contributed by atoms with E-state index in [0.717, 1.165) is 11.0 Å². The number of nitrogens with two attached hydrogens (primary N) is 1. The fourth-order valence-corrected chi connectivity index (χ4v) is 2.67. The van der Waals surface area contributed by atoms with E-state index in [1.54, 1.807) is 0 Å². The van der Waals surface area contributed by atoms with Gasteiger partial charge in [-0.3, -0.25) is 0 Å². The standard InChI is InChI=1S/C12H17BrN2/c1-15-6-5-10(8-15)12(14)9-3-2-4-11(13)7-9/h2-4,7,10,12H,5-6,8,14H2,1H3. The molecule has 2 nitrogen and oxygen atoms in total. The van der Waals surface area contributed by atoms with Crippen LogP contribution >= 0.6 is 15.9 Å². The lowest BCUT2D eigenvalue weighted by Crippen LogP contribution is -2.24. The van der Waals surface area contributed by atoms with Gasteiger partial charge in [0.25, 0.3) is 0 Å². The third kappa shape index (κ3) is 2.60. The van der Waals surface area contributed by atoms with Gasteiger partial charge in [0.1, 0.15) is 0 Å². The first-order valence-electron chi connectivity index (χ1n) is 5.36. The van der Waals surface area contributed by atoms with Gasteiger partial charge in [0.2, 0.25) is 0 Å². The summed E-state index contributed by atoms with van der Waals surface area (Å²) < 4.78 is 1.11. The van der Waals surface area contributed by atoms with Gasteiger partial charge >= 0.3 is 0 Å². The van der Waals surface area contributed by atoms with Gasteiger partial charge in [-0.15, -0.1) is 0 Å². The van der Waals surface area contributed by atoms with E-state index in [1.165, 1.54) is 18.5 Å². The summed E-state index contributed by atoms with van der Waals surface area (Å²) in [6.45, 7) is 2.29. The number of rotatable bonds is 2. The summed E-state index contributed by atoms with van der Waals surface area (Å²) in [5.74, 6) is 0.601. The monoisotopic (exact) mass is 268 g/mol. The highest BCUT2D eigenvalue weighted by molar-refractivity contribution is 9.10. The summed E-state index contributed by atoms with van der Waals surface area (Å²) in [5.41, 5.74) is 7.52. The lowest BCUT2D eigenvalue weighted by atomic mass is 9.93. The van der Waals surface area contributed by atoms with Crippen LogP contribution in [0.25, 0.3) is 0 Å². The highest BCUT2D eigenvalue weighted by Gasteiger charge is 2.26. The second-order valence-electron chi connectivity index (χ2n) is 4.39. The minimum Gasteiger partial charge on any atom is -0.324 e. The van der Waals surface area contributed by atoms with Crippen molar-refractivity contribution in [3.05, 3.63) is 34.3 Å². The van der Waals surface area contributed by atoms with E-state index in [2.05, 4.69) is 46.1 Å². The zero-order valence-corrected chi connectivity index (χ0v) is 10.6. The van der Waals surface area contributed by atoms with Crippen molar-refractivity contribution in [2.24, 2.45) is 11.7 Å². The van der Waals surface area contributed by atoms with Crippen LogP contribution in [0, 0.1) is 5.92 Å². The minimum atomic E-state index is 0.174. The molecule has 2 unspecified atom stereocenters. The van der Waals surface area contributed by atoms with E-state index < -0.39 is 0 Å². The van der Waals surface area contributed by atoms with Crippen LogP contribution < -0.4 is 5.73 Å². The maximum atomic E-state index is 6.28. The highest BCUT2D eigenvalue weighted by Crippen LogP contribution is 2.28. The van der Waals surface area contributed by atoms with Gasteiger partial charge in [-0.2, -0.15) is 0 Å². The molecule has 1 saturated heterocycles. The van der Waals surface area contributed by atoms with Crippen LogP contribution in [-0.2, 0) is 0 Å². The molecule has 0 aliphatic carbocycles. The molecule has 1 aromatic carbocycles. The molecule has 0 saturated carbocycles. The average molecular weight is 269 g/mol. The van der Waals surface area contributed by atoms with E-state index in [-0.39, 0.29) is 6.04 Å². The second kappa shape index (κ2) is 4.64. The molecule has 2 N–H and O–H groups in total. The van der Waals surface area contributed by atoms with Gasteiger partial charge in [0, 0.05) is 17.1 Å². The Balaban J connectivity index is 2.10. The van der Waals surface area contributed by atoms with Crippen molar-refractivity contribution in [1.29, 1.82) is 0 Å². The SMILES string of the molecule is CN1CCC(C(N)c2cccc(Br)c2)C1. The molecule has 0 amide bonds. The fraction of sp³-hybridized carbons (Fsp3) is 0.500. The quantitative estimate of drug-likeness (QED) is 0.893. The van der Waals surface area contributed by atoms with Gasteiger partial charge < -0.3 is 10.6 Å². The summed E-state index contributed by atoms with van der Waals surface area (Å²) in [5, 5.41) is 0. The third-order valence-electron chi connectivity index (χ3n) is 3.17. The Morgan fingerprint density at radius 3 is 2.93 bits per heavy atom. The summed E-state index contributed by atoms with van der Waals surface area (Å²) in [6.07, 6.45) is 1.21. The molecule has 15 heavy (non-hydrogen) atoms. The normalized spacial score (nSPS) is 24.3. The molecule has 1 aromatic rings. The van der Waals surface area contributed by atoms with E-state index in [0.29, 0.717) is 5.92 Å². The van der Waals surface area contributed by atoms with Crippen molar-refractivity contribution in [3.8, 4) is 0 Å². The van der Waals surface area contributed by atoms with Crippen LogP contribution in [0.2, 0.25) is 0 Å². The minimum absolute atomic E-state index is 0.174. The predicted molar refractivity (Wildman–Crippen MR) is 66.7 cm³/mol. The number of hydrogen-bond acceptors (Lipinski definition) is 2. The Hall–Kier alpha value is -0.380. The van der Waals surface area contributed by atoms with Gasteiger partial charge in [0.15, 0.2) is 0 Å². The zero-order valence-electron chi connectivity index (χ0n) is 8.99. The Morgan fingerprint density at radius 2 is 2.33 bits per heavy atom. The maximum absolute atomic E-state index is 6.28. The summed E-state index contributed by atoms with van der Waals surface area (Å²) in [6, 6.07) is 8.51. The van der Waals surface area contributed by atoms with Crippen molar-refractivity contribution in [2.45, 2.75) is 12.5 Å². The lowest BCUT2D eigenvalue weighted by molar-refractivity contribution is 0.372. The molecule has 0 radical (unpaired) electrons. The topological polar surface area (TPSA) is 29.3 Å². The van der Waals surface area contributed by atoms with Crippen LogP contribution in [0.1, 0.15) is 18.0 Å². The molecule has 1 fully saturated rings. The Labute approximate surface area is 99.6 Å². The van der Waals surface area contributed by atoms with Crippen molar-refractivity contribution < 1.29 is 0 Å². The zero-order chi connectivity index (χ0) is 10.8. The van der Waals surface area contributed by atoms with Crippen molar-refractivity contribution >= 4 is 15.9 Å². The number of likely N-dealkylation sites (tertiary alicyclic amines) is 1. The van der Waals surface area contributed by atoms with Crippen LogP contribution in [0.15, 0.2) is 28.7 Å². The van der Waals surface area contributed by atoms with Crippen molar-refractivity contribution in [3.63, 3.8) is 0 Å². The predicted octanol–water partition coefficient (Wildman–Crippen LogP) is 2.40. The van der Waals surface area contributed by atoms with Gasteiger partial charge in [-0.25, -0.2) is 0 Å². The van der Waals surface area contributed by atoms with E-state index >= 15 is 0 Å². The largest absolute Gasteiger partial charge is 0.324 e. The average Bonchev–Trinajstić information content (AvgIpc) is 2.64. The molecule has 1 aliphatic rings. The van der Waals surface area contributed by atoms with Gasteiger partial charge in [-0.05, 0) is 43.6 Å². The molecule has 82 valence electrons. The van der Waals surface area contributed by atoms with Gasteiger partial charge in [0.05, 0.1) is 0 Å². The fourth-order valence-electron chi connectivity index (χ4n) is 2.25. The molecule has 2 atom stereocenters. The second-order valence-corrected chi connectivity index (χ2v) is 5.31. The van der Waals surface area contributed by atoms with Crippen molar-refractivity contribution in [1.82, 2.24) is 4.90 Å².